The highest BCUT2D eigenvalue weighted by molar-refractivity contribution is 5.14. The highest BCUT2D eigenvalue weighted by atomic mass is 16.2. The van der Waals surface area contributed by atoms with E-state index in [9.17, 15) is 0 Å². The van der Waals surface area contributed by atoms with Crippen LogP contribution in [0.15, 0.2) is 24.0 Å². The van der Waals surface area contributed by atoms with E-state index >= 15 is 0 Å². The number of rotatable bonds is 1. The van der Waals surface area contributed by atoms with Crippen LogP contribution in [0.4, 0.5) is 0 Å². The summed E-state index contributed by atoms with van der Waals surface area (Å²) in [5.41, 5.74) is 1.27. The predicted octanol–water partition coefficient (Wildman–Crippen LogP) is 3.05. The molecule has 0 heterocycles. The van der Waals surface area contributed by atoms with Crippen molar-refractivity contribution in [2.45, 2.75) is 27.7 Å². The third-order valence-corrected chi connectivity index (χ3v) is 1.59. The molecule has 10 heavy (non-hydrogen) atoms. The predicted molar refractivity (Wildman–Crippen MR) is 45.0 cm³/mol. The summed E-state index contributed by atoms with van der Waals surface area (Å²) in [6.45, 7) is 8.26. The molecule has 0 fully saturated rings. The molecular weight excluding hydrogens is 124 g/mol. The van der Waals surface area contributed by atoms with Crippen molar-refractivity contribution in [2.24, 2.45) is 5.41 Å². The molecule has 1 N–H and O–H groups in total. The van der Waals surface area contributed by atoms with Crippen LogP contribution in [-0.2, 0) is 0 Å². The van der Waals surface area contributed by atoms with Gasteiger partial charge in [0.05, 0.1) is 6.24 Å². The number of aliphatic hydroxyl groups excluding tert-OH is 1. The SMILES string of the molecule is [2H]/C(O)=C\C=C(/C)C(C)(C)C. The maximum absolute atomic E-state index is 8.55. The number of hydrogen-bond acceptors (Lipinski definition) is 1. The molecule has 0 aromatic carbocycles. The lowest BCUT2D eigenvalue weighted by atomic mass is 9.87. The van der Waals surface area contributed by atoms with Crippen LogP contribution in [0.1, 0.15) is 29.1 Å². The van der Waals surface area contributed by atoms with Crippen LogP contribution in [0, 0.1) is 5.41 Å². The molecule has 1 nitrogen and oxygen atoms in total. The van der Waals surface area contributed by atoms with E-state index in [-0.39, 0.29) is 5.41 Å². The van der Waals surface area contributed by atoms with E-state index in [1.54, 1.807) is 6.08 Å². The van der Waals surface area contributed by atoms with Crippen LogP contribution in [0.5, 0.6) is 0 Å². The van der Waals surface area contributed by atoms with Crippen molar-refractivity contribution >= 4 is 0 Å². The van der Waals surface area contributed by atoms with Crippen molar-refractivity contribution < 1.29 is 6.48 Å². The summed E-state index contributed by atoms with van der Waals surface area (Å²) < 4.78 is 6.75. The fourth-order valence-electron chi connectivity index (χ4n) is 0.412. The van der Waals surface area contributed by atoms with Crippen molar-refractivity contribution in [3.05, 3.63) is 24.0 Å². The van der Waals surface area contributed by atoms with Gasteiger partial charge in [-0.3, -0.25) is 0 Å². The molecule has 0 spiro atoms. The van der Waals surface area contributed by atoms with Gasteiger partial charge in [0.25, 0.3) is 0 Å². The van der Waals surface area contributed by atoms with E-state index in [4.69, 9.17) is 6.48 Å². The summed E-state index contributed by atoms with van der Waals surface area (Å²) in [6.07, 6.45) is 2.76. The van der Waals surface area contributed by atoms with Crippen LogP contribution in [0.3, 0.4) is 0 Å². The maximum atomic E-state index is 8.55. The topological polar surface area (TPSA) is 20.2 Å². The molecule has 0 bridgehead atoms. The van der Waals surface area contributed by atoms with E-state index < -0.39 is 6.24 Å². The van der Waals surface area contributed by atoms with Gasteiger partial charge in [-0.2, -0.15) is 0 Å². The Labute approximate surface area is 64.5 Å². The monoisotopic (exact) mass is 141 g/mol. The van der Waals surface area contributed by atoms with Gasteiger partial charge in [0.15, 0.2) is 0 Å². The minimum absolute atomic E-state index is 0.117. The molecule has 0 saturated carbocycles. The van der Waals surface area contributed by atoms with Gasteiger partial charge in [-0.05, 0) is 18.4 Å². The molecule has 0 unspecified atom stereocenters. The van der Waals surface area contributed by atoms with Gasteiger partial charge in [0.1, 0.15) is 1.37 Å². The van der Waals surface area contributed by atoms with Crippen LogP contribution in [-0.4, -0.2) is 5.11 Å². The van der Waals surface area contributed by atoms with Crippen LogP contribution in [0.25, 0.3) is 0 Å². The number of allylic oxidation sites excluding steroid dienone is 3. The summed E-state index contributed by atoms with van der Waals surface area (Å²) in [5, 5.41) is 8.55. The Morgan fingerprint density at radius 1 is 1.50 bits per heavy atom. The molecule has 0 aromatic rings. The first-order valence-corrected chi connectivity index (χ1v) is 3.38. The zero-order valence-corrected chi connectivity index (χ0v) is 7.10. The first kappa shape index (κ1) is 7.39. The second kappa shape index (κ2) is 3.45. The van der Waals surface area contributed by atoms with Crippen molar-refractivity contribution in [3.63, 3.8) is 0 Å². The van der Waals surface area contributed by atoms with Crippen molar-refractivity contribution in [2.75, 3.05) is 0 Å². The molecule has 0 saturated heterocycles. The average molecular weight is 141 g/mol. The van der Waals surface area contributed by atoms with Crippen LogP contribution < -0.4 is 0 Å². The summed E-state index contributed by atoms with van der Waals surface area (Å²) in [4.78, 5) is 0. The Morgan fingerprint density at radius 2 is 2.00 bits per heavy atom. The molecule has 0 radical (unpaired) electrons. The van der Waals surface area contributed by atoms with E-state index in [2.05, 4.69) is 20.8 Å². The highest BCUT2D eigenvalue weighted by Gasteiger charge is 2.10. The molecular formula is C9H16O. The third kappa shape index (κ3) is 3.33. The van der Waals surface area contributed by atoms with Crippen LogP contribution >= 0.6 is 0 Å². The second-order valence-electron chi connectivity index (χ2n) is 3.40. The molecule has 0 aliphatic rings. The maximum Gasteiger partial charge on any atom is 0.103 e. The molecule has 1 heteroatoms. The largest absolute Gasteiger partial charge is 0.516 e. The minimum Gasteiger partial charge on any atom is -0.516 e. The molecule has 0 aromatic heterocycles. The number of aliphatic hydroxyl groups is 1. The Hall–Kier alpha value is -0.720. The smallest absolute Gasteiger partial charge is 0.103 e. The molecule has 0 aliphatic carbocycles. The highest BCUT2D eigenvalue weighted by Crippen LogP contribution is 2.23. The van der Waals surface area contributed by atoms with Crippen molar-refractivity contribution in [1.82, 2.24) is 0 Å². The zero-order chi connectivity index (χ0) is 9.07. The minimum atomic E-state index is -0.395. The fraction of sp³-hybridized carbons (Fsp3) is 0.556. The molecule has 0 rings (SSSR count). The van der Waals surface area contributed by atoms with Crippen molar-refractivity contribution in [1.29, 1.82) is 0 Å². The Bertz CT molecular complexity index is 180. The van der Waals surface area contributed by atoms with Gasteiger partial charge in [0.2, 0.25) is 0 Å². The Morgan fingerprint density at radius 3 is 2.30 bits per heavy atom. The van der Waals surface area contributed by atoms with Gasteiger partial charge in [-0.15, -0.1) is 0 Å². The second-order valence-corrected chi connectivity index (χ2v) is 3.40. The normalized spacial score (nSPS) is 17.0. The van der Waals surface area contributed by atoms with E-state index in [1.807, 2.05) is 6.92 Å². The Balaban J connectivity index is 4.36. The lowest BCUT2D eigenvalue weighted by molar-refractivity contribution is 0.472. The van der Waals surface area contributed by atoms with E-state index in [0.29, 0.717) is 0 Å². The summed E-state index contributed by atoms with van der Waals surface area (Å²) >= 11 is 0. The summed E-state index contributed by atoms with van der Waals surface area (Å²) in [7, 11) is 0. The van der Waals surface area contributed by atoms with Gasteiger partial charge < -0.3 is 5.11 Å². The van der Waals surface area contributed by atoms with Gasteiger partial charge in [-0.25, -0.2) is 0 Å². The summed E-state index contributed by atoms with van der Waals surface area (Å²) in [5.74, 6) is 0. The van der Waals surface area contributed by atoms with Gasteiger partial charge >= 0.3 is 0 Å². The quantitative estimate of drug-likeness (QED) is 0.439. The van der Waals surface area contributed by atoms with Gasteiger partial charge in [0, 0.05) is 0 Å². The number of hydrogen-bond donors (Lipinski definition) is 1. The Kier molecular flexibility index (Phi) is 2.55. The zero-order valence-electron chi connectivity index (χ0n) is 8.10. The first-order valence-electron chi connectivity index (χ1n) is 3.88. The van der Waals surface area contributed by atoms with E-state index in [1.165, 1.54) is 6.08 Å². The average Bonchev–Trinajstić information content (AvgIpc) is 1.80. The molecule has 58 valence electrons. The van der Waals surface area contributed by atoms with Crippen molar-refractivity contribution in [3.8, 4) is 0 Å². The molecule has 0 aliphatic heterocycles. The molecule has 0 amide bonds. The lowest BCUT2D eigenvalue weighted by Crippen LogP contribution is -2.05. The lowest BCUT2D eigenvalue weighted by Gasteiger charge is -2.18. The standard InChI is InChI=1S/C9H16O/c1-8(6-5-7-10)9(2,3)4/h5-7,10H,1-4H3/b7-5+,8-6+/i7D. The van der Waals surface area contributed by atoms with E-state index in [0.717, 1.165) is 5.57 Å². The van der Waals surface area contributed by atoms with Crippen LogP contribution in [0.2, 0.25) is 0 Å². The fourth-order valence-corrected chi connectivity index (χ4v) is 0.412. The molecule has 0 atom stereocenters. The summed E-state index contributed by atoms with van der Waals surface area (Å²) in [6, 6.07) is 0. The third-order valence-electron chi connectivity index (χ3n) is 1.59. The first-order chi connectivity index (χ1) is 4.84. The van der Waals surface area contributed by atoms with Gasteiger partial charge in [-0.1, -0.05) is 32.4 Å².